The molecule has 2 heterocycles. The van der Waals surface area contributed by atoms with Crippen molar-refractivity contribution in [2.45, 2.75) is 26.6 Å². The van der Waals surface area contributed by atoms with Gasteiger partial charge < -0.3 is 5.32 Å². The third-order valence-corrected chi connectivity index (χ3v) is 4.83. The highest BCUT2D eigenvalue weighted by molar-refractivity contribution is 5.91. The molecule has 0 aliphatic rings. The molecule has 2 aromatic carbocycles. The highest BCUT2D eigenvalue weighted by Gasteiger charge is 2.33. The summed E-state index contributed by atoms with van der Waals surface area (Å²) < 4.78 is 41.9. The third-order valence-electron chi connectivity index (χ3n) is 4.83. The summed E-state index contributed by atoms with van der Waals surface area (Å²) in [5, 5.41) is 6.66. The van der Waals surface area contributed by atoms with Crippen LogP contribution in [0.25, 0.3) is 16.7 Å². The number of amides is 1. The van der Waals surface area contributed by atoms with E-state index in [9.17, 15) is 22.8 Å². The van der Waals surface area contributed by atoms with Crippen LogP contribution in [0.2, 0.25) is 0 Å². The Labute approximate surface area is 180 Å². The zero-order valence-electron chi connectivity index (χ0n) is 17.1. The van der Waals surface area contributed by atoms with Crippen molar-refractivity contribution in [1.29, 1.82) is 0 Å². The third kappa shape index (κ3) is 4.11. The van der Waals surface area contributed by atoms with Gasteiger partial charge in [0.05, 0.1) is 23.1 Å². The van der Waals surface area contributed by atoms with Crippen LogP contribution in [0.5, 0.6) is 0 Å². The van der Waals surface area contributed by atoms with E-state index >= 15 is 0 Å². The summed E-state index contributed by atoms with van der Waals surface area (Å²) >= 11 is 0. The number of nitrogens with one attached hydrogen (secondary N) is 1. The zero-order chi connectivity index (χ0) is 23.0. The van der Waals surface area contributed by atoms with Crippen LogP contribution in [0.1, 0.15) is 16.7 Å². The monoisotopic (exact) mass is 441 g/mol. The summed E-state index contributed by atoms with van der Waals surface area (Å²) in [5.41, 5.74) is 1.23. The van der Waals surface area contributed by atoms with Crippen molar-refractivity contribution < 1.29 is 18.0 Å². The van der Waals surface area contributed by atoms with Gasteiger partial charge >= 0.3 is 6.18 Å². The van der Waals surface area contributed by atoms with E-state index in [0.717, 1.165) is 33.5 Å². The second kappa shape index (κ2) is 7.95. The van der Waals surface area contributed by atoms with Gasteiger partial charge in [0.15, 0.2) is 5.65 Å². The van der Waals surface area contributed by atoms with E-state index in [1.807, 2.05) is 32.0 Å². The largest absolute Gasteiger partial charge is 0.418 e. The molecule has 0 atom stereocenters. The molecule has 2 aromatic heterocycles. The molecule has 0 radical (unpaired) electrons. The number of carbonyl (C=O) groups excluding carboxylic acids is 1. The van der Waals surface area contributed by atoms with Crippen LogP contribution < -0.4 is 10.9 Å². The summed E-state index contributed by atoms with van der Waals surface area (Å²) in [6, 6.07) is 10.4. The number of alkyl halides is 3. The van der Waals surface area contributed by atoms with E-state index in [4.69, 9.17) is 0 Å². The topological polar surface area (TPSA) is 81.8 Å². The maximum absolute atomic E-state index is 13.1. The average Bonchev–Trinajstić information content (AvgIpc) is 3.14. The lowest BCUT2D eigenvalue weighted by Gasteiger charge is -2.14. The first-order valence-corrected chi connectivity index (χ1v) is 9.61. The number of para-hydroxylation sites is 1. The minimum Gasteiger partial charge on any atom is -0.324 e. The fourth-order valence-electron chi connectivity index (χ4n) is 3.51. The van der Waals surface area contributed by atoms with Gasteiger partial charge in [-0.3, -0.25) is 14.2 Å². The molecule has 0 spiro atoms. The van der Waals surface area contributed by atoms with Crippen LogP contribution in [-0.2, 0) is 17.5 Å². The first-order chi connectivity index (χ1) is 15.1. The Hall–Kier alpha value is -3.95. The predicted octanol–water partition coefficient (Wildman–Crippen LogP) is 3.86. The smallest absolute Gasteiger partial charge is 0.324 e. The Morgan fingerprint density at radius 3 is 2.47 bits per heavy atom. The molecule has 164 valence electrons. The Morgan fingerprint density at radius 1 is 1.09 bits per heavy atom. The normalized spacial score (nSPS) is 11.7. The molecule has 0 saturated carbocycles. The van der Waals surface area contributed by atoms with Gasteiger partial charge in [0, 0.05) is 0 Å². The quantitative estimate of drug-likeness (QED) is 0.522. The van der Waals surface area contributed by atoms with Gasteiger partial charge in [0.2, 0.25) is 5.91 Å². The van der Waals surface area contributed by atoms with Gasteiger partial charge in [-0.1, -0.05) is 18.2 Å². The minimum atomic E-state index is -4.62. The number of benzene rings is 2. The summed E-state index contributed by atoms with van der Waals surface area (Å²) in [5.74, 6) is -0.786. The second-order valence-electron chi connectivity index (χ2n) is 7.41. The van der Waals surface area contributed by atoms with Crippen LogP contribution in [0.3, 0.4) is 0 Å². The molecule has 0 unspecified atom stereocenters. The summed E-state index contributed by atoms with van der Waals surface area (Å²) in [4.78, 5) is 29.5. The number of anilines is 1. The molecule has 4 rings (SSSR count). The molecule has 7 nitrogen and oxygen atoms in total. The number of fused-ring (bicyclic) bond motifs is 1. The van der Waals surface area contributed by atoms with Gasteiger partial charge in [-0.15, -0.1) is 0 Å². The molecule has 0 saturated heterocycles. The van der Waals surface area contributed by atoms with Gasteiger partial charge in [0.1, 0.15) is 18.3 Å². The van der Waals surface area contributed by atoms with Crippen molar-refractivity contribution >= 4 is 22.6 Å². The Kier molecular flexibility index (Phi) is 5.29. The highest BCUT2D eigenvalue weighted by Crippen LogP contribution is 2.34. The van der Waals surface area contributed by atoms with Gasteiger partial charge in [-0.05, 0) is 49.2 Å². The number of aromatic nitrogens is 4. The summed E-state index contributed by atoms with van der Waals surface area (Å²) in [6.07, 6.45) is -2.08. The SMILES string of the molecule is Cc1cc(C)cc(-n2ncc3c(=O)n(CC(=O)Nc4ccccc4C(F)(F)F)cnc32)c1. The van der Waals surface area contributed by atoms with Crippen molar-refractivity contribution in [3.63, 3.8) is 0 Å². The predicted molar refractivity (Wildman–Crippen MR) is 113 cm³/mol. The van der Waals surface area contributed by atoms with E-state index in [1.165, 1.54) is 29.3 Å². The fraction of sp³-hybridized carbons (Fsp3) is 0.182. The lowest BCUT2D eigenvalue weighted by atomic mass is 10.1. The van der Waals surface area contributed by atoms with Crippen LogP contribution in [-0.4, -0.2) is 25.2 Å². The van der Waals surface area contributed by atoms with E-state index in [1.54, 1.807) is 0 Å². The molecule has 0 bridgehead atoms. The molecule has 0 fully saturated rings. The van der Waals surface area contributed by atoms with Crippen LogP contribution in [0, 0.1) is 13.8 Å². The molecule has 0 aliphatic carbocycles. The maximum atomic E-state index is 13.1. The van der Waals surface area contributed by atoms with Gasteiger partial charge in [0.25, 0.3) is 5.56 Å². The Bertz CT molecular complexity index is 1370. The van der Waals surface area contributed by atoms with Gasteiger partial charge in [-0.2, -0.15) is 18.3 Å². The second-order valence-corrected chi connectivity index (χ2v) is 7.41. The zero-order valence-corrected chi connectivity index (χ0v) is 17.1. The van der Waals surface area contributed by atoms with E-state index in [-0.39, 0.29) is 11.1 Å². The van der Waals surface area contributed by atoms with Crippen molar-refractivity contribution in [1.82, 2.24) is 19.3 Å². The number of carbonyl (C=O) groups is 1. The lowest BCUT2D eigenvalue weighted by molar-refractivity contribution is -0.137. The molecule has 32 heavy (non-hydrogen) atoms. The van der Waals surface area contributed by atoms with Crippen molar-refractivity contribution in [2.75, 3.05) is 5.32 Å². The van der Waals surface area contributed by atoms with Crippen LogP contribution in [0.4, 0.5) is 18.9 Å². The molecular formula is C22H18F3N5O2. The Morgan fingerprint density at radius 2 is 1.78 bits per heavy atom. The van der Waals surface area contributed by atoms with E-state index < -0.39 is 29.8 Å². The van der Waals surface area contributed by atoms with E-state index in [0.29, 0.717) is 5.65 Å². The number of hydrogen-bond donors (Lipinski definition) is 1. The molecule has 0 aliphatic heterocycles. The summed E-state index contributed by atoms with van der Waals surface area (Å²) in [7, 11) is 0. The first kappa shape index (κ1) is 21.3. The van der Waals surface area contributed by atoms with Crippen molar-refractivity contribution in [2.24, 2.45) is 0 Å². The molecule has 1 N–H and O–H groups in total. The molecular weight excluding hydrogens is 423 g/mol. The number of halogens is 3. The molecule has 4 aromatic rings. The van der Waals surface area contributed by atoms with Crippen LogP contribution >= 0.6 is 0 Å². The number of nitrogens with zero attached hydrogens (tertiary/aromatic N) is 4. The van der Waals surface area contributed by atoms with Crippen molar-refractivity contribution in [3.05, 3.63) is 82.0 Å². The lowest BCUT2D eigenvalue weighted by Crippen LogP contribution is -2.28. The highest BCUT2D eigenvalue weighted by atomic mass is 19.4. The van der Waals surface area contributed by atoms with Crippen LogP contribution in [0.15, 0.2) is 59.8 Å². The number of hydrogen-bond acceptors (Lipinski definition) is 4. The Balaban J connectivity index is 1.62. The first-order valence-electron chi connectivity index (χ1n) is 9.61. The fourth-order valence-corrected chi connectivity index (χ4v) is 3.51. The number of aryl methyl sites for hydroxylation is 2. The number of rotatable bonds is 4. The molecule has 1 amide bonds. The standard InChI is InChI=1S/C22H18F3N5O2/c1-13-7-14(2)9-15(8-13)30-20-16(10-27-30)21(32)29(12-26-20)11-19(31)28-18-6-4-3-5-17(18)22(23,24)25/h3-10,12H,11H2,1-2H3,(H,28,31). The van der Waals surface area contributed by atoms with E-state index in [2.05, 4.69) is 15.4 Å². The van der Waals surface area contributed by atoms with Crippen molar-refractivity contribution in [3.8, 4) is 5.69 Å². The molecule has 10 heteroatoms. The average molecular weight is 441 g/mol. The van der Waals surface area contributed by atoms with Gasteiger partial charge in [-0.25, -0.2) is 9.67 Å². The maximum Gasteiger partial charge on any atom is 0.418 e. The summed E-state index contributed by atoms with van der Waals surface area (Å²) in [6.45, 7) is 3.39. The minimum absolute atomic E-state index is 0.190.